The smallest absolute Gasteiger partial charge is 0.218 e. The van der Waals surface area contributed by atoms with Crippen LogP contribution in [0.25, 0.3) is 0 Å². The number of nitrogens with zero attached hydrogens (tertiary/aromatic N) is 3. The van der Waals surface area contributed by atoms with E-state index in [1.807, 2.05) is 6.07 Å². The lowest BCUT2D eigenvalue weighted by Gasteiger charge is -2.34. The van der Waals surface area contributed by atoms with Crippen LogP contribution in [-0.4, -0.2) is 42.8 Å². The summed E-state index contributed by atoms with van der Waals surface area (Å²) in [4.78, 5) is 10.5. The summed E-state index contributed by atoms with van der Waals surface area (Å²) in [5.74, 6) is 1.56. The Hall–Kier alpha value is -1.36. The first-order valence-corrected chi connectivity index (χ1v) is 5.14. The molecule has 82 valence electrons. The average Bonchev–Trinajstić information content (AvgIpc) is 2.30. The maximum absolute atomic E-state index is 5.09. The first-order chi connectivity index (χ1) is 7.31. The van der Waals surface area contributed by atoms with E-state index in [0.717, 1.165) is 25.5 Å². The molecule has 1 aromatic heterocycles. The van der Waals surface area contributed by atoms with E-state index in [4.69, 9.17) is 4.74 Å². The van der Waals surface area contributed by atoms with Gasteiger partial charge in [0.15, 0.2) is 0 Å². The van der Waals surface area contributed by atoms with Crippen molar-refractivity contribution in [3.8, 4) is 5.88 Å². The van der Waals surface area contributed by atoms with Crippen LogP contribution >= 0.6 is 0 Å². The Morgan fingerprint density at radius 3 is 3.13 bits per heavy atom. The van der Waals surface area contributed by atoms with Crippen LogP contribution in [0.15, 0.2) is 12.4 Å². The van der Waals surface area contributed by atoms with Crippen LogP contribution in [0.1, 0.15) is 6.92 Å². The average molecular weight is 208 g/mol. The minimum absolute atomic E-state index is 0.457. The molecule has 0 aliphatic carbocycles. The van der Waals surface area contributed by atoms with Gasteiger partial charge in [-0.3, -0.25) is 0 Å². The molecule has 2 heterocycles. The molecule has 0 amide bonds. The van der Waals surface area contributed by atoms with Crippen LogP contribution in [0.5, 0.6) is 5.88 Å². The first-order valence-electron chi connectivity index (χ1n) is 5.14. The van der Waals surface area contributed by atoms with Crippen molar-refractivity contribution in [2.24, 2.45) is 0 Å². The van der Waals surface area contributed by atoms with Gasteiger partial charge in [0, 0.05) is 31.7 Å². The van der Waals surface area contributed by atoms with Crippen molar-refractivity contribution >= 4 is 5.82 Å². The maximum atomic E-state index is 5.09. The summed E-state index contributed by atoms with van der Waals surface area (Å²) in [7, 11) is 1.62. The van der Waals surface area contributed by atoms with Gasteiger partial charge in [0.25, 0.3) is 0 Å². The molecule has 0 radical (unpaired) electrons. The normalized spacial score (nSPS) is 21.5. The summed E-state index contributed by atoms with van der Waals surface area (Å²) in [6.07, 6.45) is 1.54. The standard InChI is InChI=1S/C10H16N4O/c1-8-6-11-3-4-14(8)9-5-10(15-2)13-7-12-9/h5,7-8,11H,3-4,6H2,1-2H3/t8-/m0/s1. The fourth-order valence-electron chi connectivity index (χ4n) is 1.78. The highest BCUT2D eigenvalue weighted by molar-refractivity contribution is 5.42. The zero-order valence-corrected chi connectivity index (χ0v) is 9.10. The lowest BCUT2D eigenvalue weighted by Crippen LogP contribution is -2.50. The number of nitrogens with one attached hydrogen (secondary N) is 1. The van der Waals surface area contributed by atoms with E-state index < -0.39 is 0 Å². The van der Waals surface area contributed by atoms with Gasteiger partial charge in [-0.1, -0.05) is 0 Å². The number of piperazine rings is 1. The van der Waals surface area contributed by atoms with Crippen LogP contribution < -0.4 is 15.0 Å². The Balaban J connectivity index is 2.19. The molecule has 1 saturated heterocycles. The molecular formula is C10H16N4O. The predicted molar refractivity (Wildman–Crippen MR) is 58.3 cm³/mol. The molecule has 1 aliphatic rings. The van der Waals surface area contributed by atoms with Gasteiger partial charge in [0.1, 0.15) is 12.1 Å². The van der Waals surface area contributed by atoms with Gasteiger partial charge in [-0.05, 0) is 6.92 Å². The zero-order valence-electron chi connectivity index (χ0n) is 9.10. The number of aromatic nitrogens is 2. The minimum atomic E-state index is 0.457. The van der Waals surface area contributed by atoms with Crippen molar-refractivity contribution < 1.29 is 4.74 Å². The molecule has 5 heteroatoms. The van der Waals surface area contributed by atoms with E-state index in [1.54, 1.807) is 13.4 Å². The van der Waals surface area contributed by atoms with Crippen molar-refractivity contribution in [1.29, 1.82) is 0 Å². The van der Waals surface area contributed by atoms with Gasteiger partial charge in [0.05, 0.1) is 7.11 Å². The molecule has 1 fully saturated rings. The highest BCUT2D eigenvalue weighted by atomic mass is 16.5. The SMILES string of the molecule is COc1cc(N2CCNC[C@@H]2C)ncn1. The second-order valence-corrected chi connectivity index (χ2v) is 3.67. The molecule has 15 heavy (non-hydrogen) atoms. The summed E-state index contributed by atoms with van der Waals surface area (Å²) >= 11 is 0. The van der Waals surface area contributed by atoms with Crippen LogP contribution in [0, 0.1) is 0 Å². The van der Waals surface area contributed by atoms with Gasteiger partial charge in [-0.15, -0.1) is 0 Å². The number of hydrogen-bond acceptors (Lipinski definition) is 5. The largest absolute Gasteiger partial charge is 0.481 e. The van der Waals surface area contributed by atoms with Gasteiger partial charge in [-0.2, -0.15) is 0 Å². The number of hydrogen-bond donors (Lipinski definition) is 1. The molecule has 5 nitrogen and oxygen atoms in total. The topological polar surface area (TPSA) is 50.3 Å². The Morgan fingerprint density at radius 2 is 2.40 bits per heavy atom. The molecule has 0 spiro atoms. The summed E-state index contributed by atoms with van der Waals surface area (Å²) in [5.41, 5.74) is 0. The Kier molecular flexibility index (Phi) is 3.01. The molecule has 2 rings (SSSR count). The zero-order chi connectivity index (χ0) is 10.7. The first kappa shape index (κ1) is 10.2. The van der Waals surface area contributed by atoms with E-state index in [2.05, 4.69) is 27.1 Å². The maximum Gasteiger partial charge on any atom is 0.218 e. The van der Waals surface area contributed by atoms with Gasteiger partial charge in [-0.25, -0.2) is 9.97 Å². The molecule has 1 N–H and O–H groups in total. The lowest BCUT2D eigenvalue weighted by atomic mass is 10.2. The third kappa shape index (κ3) is 2.18. The van der Waals surface area contributed by atoms with Crippen molar-refractivity contribution in [2.75, 3.05) is 31.6 Å². The van der Waals surface area contributed by atoms with Gasteiger partial charge in [0.2, 0.25) is 5.88 Å². The number of ether oxygens (including phenoxy) is 1. The van der Waals surface area contributed by atoms with E-state index in [0.29, 0.717) is 11.9 Å². The lowest BCUT2D eigenvalue weighted by molar-refractivity contribution is 0.396. The molecular weight excluding hydrogens is 192 g/mol. The van der Waals surface area contributed by atoms with E-state index in [-0.39, 0.29) is 0 Å². The molecule has 0 bridgehead atoms. The van der Waals surface area contributed by atoms with Crippen molar-refractivity contribution in [3.63, 3.8) is 0 Å². The highest BCUT2D eigenvalue weighted by Crippen LogP contribution is 2.18. The second kappa shape index (κ2) is 4.44. The third-order valence-corrected chi connectivity index (χ3v) is 2.63. The fourth-order valence-corrected chi connectivity index (χ4v) is 1.78. The van der Waals surface area contributed by atoms with E-state index in [1.165, 1.54) is 0 Å². The highest BCUT2D eigenvalue weighted by Gasteiger charge is 2.19. The van der Waals surface area contributed by atoms with Gasteiger partial charge >= 0.3 is 0 Å². The molecule has 0 aromatic carbocycles. The van der Waals surface area contributed by atoms with Crippen LogP contribution in [-0.2, 0) is 0 Å². The van der Waals surface area contributed by atoms with Crippen molar-refractivity contribution in [1.82, 2.24) is 15.3 Å². The van der Waals surface area contributed by atoms with E-state index in [9.17, 15) is 0 Å². The second-order valence-electron chi connectivity index (χ2n) is 3.67. The molecule has 1 atom stereocenters. The van der Waals surface area contributed by atoms with Crippen LogP contribution in [0.3, 0.4) is 0 Å². The summed E-state index contributed by atoms with van der Waals surface area (Å²) in [6.45, 7) is 5.14. The monoisotopic (exact) mass is 208 g/mol. The van der Waals surface area contributed by atoms with E-state index >= 15 is 0 Å². The van der Waals surface area contributed by atoms with Crippen molar-refractivity contribution in [3.05, 3.63) is 12.4 Å². The van der Waals surface area contributed by atoms with Crippen LogP contribution in [0.2, 0.25) is 0 Å². The van der Waals surface area contributed by atoms with Gasteiger partial charge < -0.3 is 15.0 Å². The number of anilines is 1. The summed E-state index contributed by atoms with van der Waals surface area (Å²) in [5, 5.41) is 3.35. The molecule has 1 aromatic rings. The Labute approximate surface area is 89.5 Å². The van der Waals surface area contributed by atoms with Crippen molar-refractivity contribution in [2.45, 2.75) is 13.0 Å². The molecule has 0 unspecified atom stereocenters. The number of methoxy groups -OCH3 is 1. The predicted octanol–water partition coefficient (Wildman–Crippen LogP) is 0.283. The summed E-state index contributed by atoms with van der Waals surface area (Å²) in [6, 6.07) is 2.33. The molecule has 1 aliphatic heterocycles. The Morgan fingerprint density at radius 1 is 1.53 bits per heavy atom. The van der Waals surface area contributed by atoms with Crippen LogP contribution in [0.4, 0.5) is 5.82 Å². The molecule has 0 saturated carbocycles. The fraction of sp³-hybridized carbons (Fsp3) is 0.600. The minimum Gasteiger partial charge on any atom is -0.481 e. The number of rotatable bonds is 2. The Bertz CT molecular complexity index is 331. The third-order valence-electron chi connectivity index (χ3n) is 2.63. The quantitative estimate of drug-likeness (QED) is 0.756. The summed E-state index contributed by atoms with van der Waals surface area (Å²) < 4.78 is 5.09.